The van der Waals surface area contributed by atoms with E-state index in [4.69, 9.17) is 24.3 Å². The number of hydrogen-bond acceptors (Lipinski definition) is 8. The van der Waals surface area contributed by atoms with Crippen molar-refractivity contribution < 1.29 is 37.6 Å². The van der Waals surface area contributed by atoms with E-state index in [2.05, 4.69) is 135 Å². The van der Waals surface area contributed by atoms with E-state index in [9.17, 15) is 19.0 Å². The Bertz CT molecular complexity index is 1880. The van der Waals surface area contributed by atoms with Crippen molar-refractivity contribution in [2.24, 2.45) is 5.73 Å². The molecule has 89 heavy (non-hydrogen) atoms. The molecule has 0 heterocycles. The third-order valence-corrected chi connectivity index (χ3v) is 16.8. The van der Waals surface area contributed by atoms with Gasteiger partial charge < -0.3 is 20.1 Å². The highest BCUT2D eigenvalue weighted by Gasteiger charge is 2.26. The lowest BCUT2D eigenvalue weighted by Gasteiger charge is -2.19. The van der Waals surface area contributed by atoms with Crippen molar-refractivity contribution in [2.75, 3.05) is 26.4 Å². The zero-order valence-electron chi connectivity index (χ0n) is 57.6. The van der Waals surface area contributed by atoms with Crippen molar-refractivity contribution in [2.45, 2.75) is 341 Å². The van der Waals surface area contributed by atoms with Crippen molar-refractivity contribution in [1.82, 2.24) is 0 Å². The third-order valence-electron chi connectivity index (χ3n) is 15.8. The lowest BCUT2D eigenvalue weighted by molar-refractivity contribution is -0.161. The van der Waals surface area contributed by atoms with E-state index in [-0.39, 0.29) is 38.6 Å². The largest absolute Gasteiger partial charge is 0.472 e. The number of allylic oxidation sites excluding steroid dienone is 20. The van der Waals surface area contributed by atoms with Crippen LogP contribution < -0.4 is 5.73 Å². The summed E-state index contributed by atoms with van der Waals surface area (Å²) in [5.41, 5.74) is 5.41. The number of nitrogens with two attached hydrogens (primary N) is 1. The molecule has 0 fully saturated rings. The second-order valence-electron chi connectivity index (χ2n) is 24.4. The minimum atomic E-state index is -4.41. The molecule has 3 N–H and O–H groups in total. The third kappa shape index (κ3) is 73.3. The summed E-state index contributed by atoms with van der Waals surface area (Å²) in [6.45, 7) is 3.65. The van der Waals surface area contributed by atoms with Crippen LogP contribution in [0.15, 0.2) is 122 Å². The molecule has 0 radical (unpaired) electrons. The predicted molar refractivity (Wildman–Crippen MR) is 385 cm³/mol. The van der Waals surface area contributed by atoms with Gasteiger partial charge in [-0.1, -0.05) is 334 Å². The molecule has 0 amide bonds. The van der Waals surface area contributed by atoms with Gasteiger partial charge in [0.25, 0.3) is 0 Å². The zero-order valence-corrected chi connectivity index (χ0v) is 58.5. The van der Waals surface area contributed by atoms with Crippen LogP contribution in [0.2, 0.25) is 0 Å². The second kappa shape index (κ2) is 73.5. The fourth-order valence-corrected chi connectivity index (χ4v) is 11.2. The zero-order chi connectivity index (χ0) is 64.4. The van der Waals surface area contributed by atoms with Crippen molar-refractivity contribution in [1.29, 1.82) is 0 Å². The number of unbranched alkanes of at least 4 members (excludes halogenated alkanes) is 36. The van der Waals surface area contributed by atoms with Crippen LogP contribution in [0.25, 0.3) is 0 Å². The fraction of sp³-hybridized carbons (Fsp3) is 0.722. The van der Waals surface area contributed by atoms with Gasteiger partial charge >= 0.3 is 19.8 Å². The summed E-state index contributed by atoms with van der Waals surface area (Å²) in [7, 11) is -4.41. The molecule has 0 aliphatic heterocycles. The number of rotatable bonds is 69. The average molecular weight is 1260 g/mol. The quantitative estimate of drug-likeness (QED) is 0.0264. The van der Waals surface area contributed by atoms with Gasteiger partial charge in [-0.15, -0.1) is 0 Å². The molecule has 0 saturated heterocycles. The Hall–Kier alpha value is -3.59. The van der Waals surface area contributed by atoms with Crippen molar-refractivity contribution in [3.63, 3.8) is 0 Å². The van der Waals surface area contributed by atoms with Crippen LogP contribution in [-0.2, 0) is 32.7 Å². The van der Waals surface area contributed by atoms with Gasteiger partial charge in [0.2, 0.25) is 0 Å². The monoisotopic (exact) mass is 1260 g/mol. The smallest absolute Gasteiger partial charge is 0.462 e. The van der Waals surface area contributed by atoms with Gasteiger partial charge in [0.15, 0.2) is 6.10 Å². The first kappa shape index (κ1) is 85.4. The average Bonchev–Trinajstić information content (AvgIpc) is 3.66. The molecule has 0 aliphatic carbocycles. The van der Waals surface area contributed by atoms with Gasteiger partial charge in [0, 0.05) is 19.4 Å². The minimum absolute atomic E-state index is 0.0471. The number of carbonyl (C=O) groups excluding carboxylic acids is 2. The Kier molecular flexibility index (Phi) is 70.5. The van der Waals surface area contributed by atoms with Gasteiger partial charge in [-0.05, 0) is 109 Å². The molecule has 0 spiro atoms. The Balaban J connectivity index is 3.91. The lowest BCUT2D eigenvalue weighted by Crippen LogP contribution is -2.29. The summed E-state index contributed by atoms with van der Waals surface area (Å²) in [6, 6.07) is 0. The molecule has 0 aliphatic rings. The summed E-state index contributed by atoms with van der Waals surface area (Å²) in [5, 5.41) is 0. The number of ether oxygens (including phenoxy) is 2. The Morgan fingerprint density at radius 2 is 0.618 bits per heavy atom. The summed E-state index contributed by atoms with van der Waals surface area (Å²) in [4.78, 5) is 35.4. The van der Waals surface area contributed by atoms with Gasteiger partial charge in [-0.3, -0.25) is 18.6 Å². The molecular formula is C79H138NO8P. The minimum Gasteiger partial charge on any atom is -0.462 e. The van der Waals surface area contributed by atoms with Crippen LogP contribution in [0.5, 0.6) is 0 Å². The summed E-state index contributed by atoms with van der Waals surface area (Å²) in [6.07, 6.45) is 103. The van der Waals surface area contributed by atoms with Crippen LogP contribution in [-0.4, -0.2) is 49.3 Å². The standard InChI is InChI=1S/C79H138NO8P/c1-3-5-7-9-11-13-15-17-19-21-23-25-27-29-31-33-35-37-38-40-42-44-46-48-50-52-54-56-58-60-62-64-66-68-70-72-79(82)88-77(76-87-89(83,84)86-74-73-80)75-85-78(81)71-69-67-65-63-61-59-57-55-53-51-49-47-45-43-41-39-36-34-32-30-28-26-24-22-20-18-16-14-12-10-8-6-4-2/h5,7,11,13,17,19,22-25,29,31,35,37,40,42,46,48,52,54,77H,3-4,6,8-10,12,14-16,18,20-21,26-28,30,32-34,36,38-39,41,43-45,47,49-51,53,55-76,80H2,1-2H3,(H,83,84)/b7-5-,13-11-,19-17-,24-22-,25-23-,31-29-,37-35-,42-40-,48-46-,54-52-. The molecular weight excluding hydrogens is 1120 g/mol. The molecule has 2 atom stereocenters. The van der Waals surface area contributed by atoms with E-state index in [0.29, 0.717) is 6.42 Å². The number of esters is 2. The van der Waals surface area contributed by atoms with Crippen LogP contribution in [0, 0.1) is 0 Å². The lowest BCUT2D eigenvalue weighted by atomic mass is 10.0. The van der Waals surface area contributed by atoms with E-state index in [1.165, 1.54) is 199 Å². The molecule has 2 unspecified atom stereocenters. The highest BCUT2D eigenvalue weighted by Crippen LogP contribution is 2.43. The maximum absolute atomic E-state index is 12.8. The molecule has 0 saturated carbocycles. The molecule has 0 aromatic rings. The first-order valence-electron chi connectivity index (χ1n) is 37.0. The Labute approximate surface area is 549 Å². The first-order chi connectivity index (χ1) is 43.8. The number of phosphoric acid groups is 1. The van der Waals surface area contributed by atoms with Crippen LogP contribution in [0.4, 0.5) is 0 Å². The van der Waals surface area contributed by atoms with E-state index >= 15 is 0 Å². The highest BCUT2D eigenvalue weighted by molar-refractivity contribution is 7.47. The van der Waals surface area contributed by atoms with Crippen LogP contribution in [0.1, 0.15) is 335 Å². The second-order valence-corrected chi connectivity index (χ2v) is 25.9. The predicted octanol–water partition coefficient (Wildman–Crippen LogP) is 24.6. The SMILES string of the molecule is CC/C=C\C/C=C\C/C=C\C/C=C\C/C=C\C/C=C\C/C=C\C/C=C\C/C=C\CCCCCCCCCC(=O)OC(COC(=O)CCCCCCCCCCCCCCCCCCCCCCC/C=C\CCCCCCCCCC)COP(=O)(O)OCCN. The molecule has 0 aromatic carbocycles. The normalized spacial score (nSPS) is 13.6. The summed E-state index contributed by atoms with van der Waals surface area (Å²) < 4.78 is 33.2. The summed E-state index contributed by atoms with van der Waals surface area (Å²) in [5.74, 6) is -0.835. The fourth-order valence-electron chi connectivity index (χ4n) is 10.4. The van der Waals surface area contributed by atoms with E-state index in [1.807, 2.05) is 0 Å². The van der Waals surface area contributed by atoms with Crippen LogP contribution >= 0.6 is 7.82 Å². The van der Waals surface area contributed by atoms with Gasteiger partial charge in [0.1, 0.15) is 6.61 Å². The highest BCUT2D eigenvalue weighted by atomic mass is 31.2. The molecule has 9 nitrogen and oxygen atoms in total. The molecule has 0 aromatic heterocycles. The Morgan fingerprint density at radius 3 is 0.933 bits per heavy atom. The number of phosphoric ester groups is 1. The molecule has 10 heteroatoms. The number of hydrogen-bond donors (Lipinski definition) is 2. The Morgan fingerprint density at radius 1 is 0.348 bits per heavy atom. The van der Waals surface area contributed by atoms with E-state index < -0.39 is 26.5 Å². The first-order valence-corrected chi connectivity index (χ1v) is 38.5. The van der Waals surface area contributed by atoms with Gasteiger partial charge in [-0.25, -0.2) is 4.57 Å². The van der Waals surface area contributed by atoms with E-state index in [0.717, 1.165) is 103 Å². The maximum Gasteiger partial charge on any atom is 0.472 e. The number of carbonyl (C=O) groups is 2. The topological polar surface area (TPSA) is 134 Å². The van der Waals surface area contributed by atoms with Gasteiger partial charge in [-0.2, -0.15) is 0 Å². The van der Waals surface area contributed by atoms with Crippen molar-refractivity contribution in [3.8, 4) is 0 Å². The van der Waals surface area contributed by atoms with E-state index in [1.54, 1.807) is 0 Å². The van der Waals surface area contributed by atoms with Crippen molar-refractivity contribution in [3.05, 3.63) is 122 Å². The molecule has 0 bridgehead atoms. The van der Waals surface area contributed by atoms with Crippen molar-refractivity contribution >= 4 is 19.8 Å². The van der Waals surface area contributed by atoms with Gasteiger partial charge in [0.05, 0.1) is 13.2 Å². The van der Waals surface area contributed by atoms with Crippen LogP contribution in [0.3, 0.4) is 0 Å². The molecule has 0 rings (SSSR count). The maximum atomic E-state index is 12.8. The molecule has 512 valence electrons. The summed E-state index contributed by atoms with van der Waals surface area (Å²) >= 11 is 0.